The van der Waals surface area contributed by atoms with Gasteiger partial charge in [-0.1, -0.05) is 74.0 Å². The molecule has 158 valence electrons. The van der Waals surface area contributed by atoms with Crippen molar-refractivity contribution in [3.8, 4) is 5.75 Å². The molecule has 0 aromatic heterocycles. The molecule has 5 heteroatoms. The Morgan fingerprint density at radius 2 is 1.40 bits per heavy atom. The highest BCUT2D eigenvalue weighted by Gasteiger charge is 2.17. The SMILES string of the molecule is CCCCOc1ccc(S(=O)(=O)NCCC(c2ccccc2)c2ccccc2)cc1. The fourth-order valence-electron chi connectivity index (χ4n) is 3.37. The van der Waals surface area contributed by atoms with Gasteiger partial charge < -0.3 is 4.74 Å². The molecule has 3 aromatic rings. The Kier molecular flexibility index (Phi) is 8.05. The molecule has 0 amide bonds. The fourth-order valence-corrected chi connectivity index (χ4v) is 4.41. The predicted octanol–water partition coefficient (Wildman–Crippen LogP) is 5.37. The topological polar surface area (TPSA) is 55.4 Å². The number of rotatable bonds is 11. The molecule has 0 fully saturated rings. The lowest BCUT2D eigenvalue weighted by molar-refractivity contribution is 0.309. The Labute approximate surface area is 180 Å². The van der Waals surface area contributed by atoms with E-state index in [-0.39, 0.29) is 10.8 Å². The van der Waals surface area contributed by atoms with Gasteiger partial charge in [0.1, 0.15) is 5.75 Å². The third kappa shape index (κ3) is 6.18. The first-order valence-electron chi connectivity index (χ1n) is 10.4. The molecule has 0 radical (unpaired) electrons. The van der Waals surface area contributed by atoms with Crippen molar-refractivity contribution in [2.45, 2.75) is 37.0 Å². The van der Waals surface area contributed by atoms with E-state index in [0.29, 0.717) is 25.3 Å². The normalized spacial score (nSPS) is 11.5. The molecular formula is C25H29NO3S. The Morgan fingerprint density at radius 1 is 0.833 bits per heavy atom. The summed E-state index contributed by atoms with van der Waals surface area (Å²) in [6.07, 6.45) is 2.71. The minimum Gasteiger partial charge on any atom is -0.494 e. The molecule has 0 unspecified atom stereocenters. The summed E-state index contributed by atoms with van der Waals surface area (Å²) in [5.41, 5.74) is 2.35. The van der Waals surface area contributed by atoms with Crippen molar-refractivity contribution < 1.29 is 13.2 Å². The van der Waals surface area contributed by atoms with E-state index < -0.39 is 10.0 Å². The van der Waals surface area contributed by atoms with Crippen LogP contribution in [-0.2, 0) is 10.0 Å². The monoisotopic (exact) mass is 423 g/mol. The maximum absolute atomic E-state index is 12.7. The lowest BCUT2D eigenvalue weighted by Crippen LogP contribution is -2.26. The van der Waals surface area contributed by atoms with Crippen LogP contribution in [0.5, 0.6) is 5.75 Å². The molecule has 0 heterocycles. The molecule has 0 saturated carbocycles. The minimum atomic E-state index is -3.57. The van der Waals surface area contributed by atoms with Gasteiger partial charge in [-0.05, 0) is 48.2 Å². The molecule has 0 aliphatic heterocycles. The van der Waals surface area contributed by atoms with Gasteiger partial charge in [-0.2, -0.15) is 0 Å². The van der Waals surface area contributed by atoms with Gasteiger partial charge in [0.25, 0.3) is 0 Å². The first-order valence-corrected chi connectivity index (χ1v) is 11.9. The van der Waals surface area contributed by atoms with E-state index in [1.165, 1.54) is 11.1 Å². The Hall–Kier alpha value is -2.63. The molecule has 0 bridgehead atoms. The molecule has 0 aliphatic rings. The van der Waals surface area contributed by atoms with E-state index in [0.717, 1.165) is 12.8 Å². The van der Waals surface area contributed by atoms with Gasteiger partial charge in [0.15, 0.2) is 0 Å². The summed E-state index contributed by atoms with van der Waals surface area (Å²) in [5.74, 6) is 0.820. The van der Waals surface area contributed by atoms with Crippen molar-refractivity contribution in [3.63, 3.8) is 0 Å². The smallest absolute Gasteiger partial charge is 0.240 e. The second kappa shape index (κ2) is 11.0. The number of hydrogen-bond donors (Lipinski definition) is 1. The maximum Gasteiger partial charge on any atom is 0.240 e. The summed E-state index contributed by atoms with van der Waals surface area (Å²) < 4.78 is 33.8. The van der Waals surface area contributed by atoms with E-state index >= 15 is 0 Å². The van der Waals surface area contributed by atoms with Gasteiger partial charge in [-0.15, -0.1) is 0 Å². The van der Waals surface area contributed by atoms with Gasteiger partial charge in [-0.25, -0.2) is 13.1 Å². The first kappa shape index (κ1) is 22.1. The standard InChI is InChI=1S/C25H29NO3S/c1-2-3-20-29-23-14-16-24(17-15-23)30(27,28)26-19-18-25(21-10-6-4-7-11-21)22-12-8-5-9-13-22/h4-17,25-26H,2-3,18-20H2,1H3. The van der Waals surface area contributed by atoms with Gasteiger partial charge in [0.2, 0.25) is 10.0 Å². The Bertz CT molecular complexity index is 948. The zero-order chi connectivity index (χ0) is 21.2. The molecule has 3 rings (SSSR count). The number of nitrogens with one attached hydrogen (secondary N) is 1. The second-order valence-corrected chi connectivity index (χ2v) is 9.00. The van der Waals surface area contributed by atoms with Gasteiger partial charge in [0.05, 0.1) is 11.5 Å². The minimum absolute atomic E-state index is 0.129. The van der Waals surface area contributed by atoms with Crippen molar-refractivity contribution in [3.05, 3.63) is 96.1 Å². The Morgan fingerprint density at radius 3 is 1.93 bits per heavy atom. The van der Waals surface area contributed by atoms with E-state index in [9.17, 15) is 8.42 Å². The largest absolute Gasteiger partial charge is 0.494 e. The van der Waals surface area contributed by atoms with Gasteiger partial charge >= 0.3 is 0 Å². The number of benzene rings is 3. The van der Waals surface area contributed by atoms with Crippen LogP contribution < -0.4 is 9.46 Å². The molecule has 3 aromatic carbocycles. The third-order valence-electron chi connectivity index (χ3n) is 5.03. The number of hydrogen-bond acceptors (Lipinski definition) is 3. The highest BCUT2D eigenvalue weighted by molar-refractivity contribution is 7.89. The Balaban J connectivity index is 1.64. The van der Waals surface area contributed by atoms with Crippen LogP contribution in [0, 0.1) is 0 Å². The van der Waals surface area contributed by atoms with Crippen molar-refractivity contribution in [2.75, 3.05) is 13.2 Å². The third-order valence-corrected chi connectivity index (χ3v) is 6.51. The summed E-state index contributed by atoms with van der Waals surface area (Å²) in [7, 11) is -3.57. The molecule has 0 saturated heterocycles. The van der Waals surface area contributed by atoms with E-state index in [4.69, 9.17) is 4.74 Å². The first-order chi connectivity index (χ1) is 14.6. The van der Waals surface area contributed by atoms with Crippen molar-refractivity contribution in [1.29, 1.82) is 0 Å². The van der Waals surface area contributed by atoms with Crippen molar-refractivity contribution in [2.24, 2.45) is 0 Å². The summed E-state index contributed by atoms with van der Waals surface area (Å²) in [4.78, 5) is 0.251. The molecular weight excluding hydrogens is 394 g/mol. The maximum atomic E-state index is 12.7. The average molecular weight is 424 g/mol. The molecule has 1 N–H and O–H groups in total. The van der Waals surface area contributed by atoms with Crippen LogP contribution in [0.3, 0.4) is 0 Å². The predicted molar refractivity (Wildman–Crippen MR) is 121 cm³/mol. The number of sulfonamides is 1. The van der Waals surface area contributed by atoms with Crippen LogP contribution in [0.2, 0.25) is 0 Å². The fraction of sp³-hybridized carbons (Fsp3) is 0.280. The van der Waals surface area contributed by atoms with Crippen LogP contribution in [-0.4, -0.2) is 21.6 Å². The van der Waals surface area contributed by atoms with Gasteiger partial charge in [-0.3, -0.25) is 0 Å². The average Bonchev–Trinajstić information content (AvgIpc) is 2.78. The molecule has 0 aliphatic carbocycles. The summed E-state index contributed by atoms with van der Waals surface area (Å²) in [5, 5.41) is 0. The van der Waals surface area contributed by atoms with Gasteiger partial charge in [0, 0.05) is 12.5 Å². The zero-order valence-electron chi connectivity index (χ0n) is 17.3. The second-order valence-electron chi connectivity index (χ2n) is 7.23. The zero-order valence-corrected chi connectivity index (χ0v) is 18.1. The van der Waals surface area contributed by atoms with Crippen LogP contribution >= 0.6 is 0 Å². The number of ether oxygens (including phenoxy) is 1. The molecule has 0 atom stereocenters. The van der Waals surface area contributed by atoms with Crippen molar-refractivity contribution in [1.82, 2.24) is 4.72 Å². The van der Waals surface area contributed by atoms with Crippen LogP contribution in [0.25, 0.3) is 0 Å². The highest BCUT2D eigenvalue weighted by Crippen LogP contribution is 2.27. The van der Waals surface area contributed by atoms with E-state index in [1.807, 2.05) is 36.4 Å². The van der Waals surface area contributed by atoms with Crippen LogP contribution in [0.1, 0.15) is 43.2 Å². The summed E-state index contributed by atoms with van der Waals surface area (Å²) >= 11 is 0. The van der Waals surface area contributed by atoms with E-state index in [1.54, 1.807) is 24.3 Å². The highest BCUT2D eigenvalue weighted by atomic mass is 32.2. The van der Waals surface area contributed by atoms with E-state index in [2.05, 4.69) is 35.9 Å². The lowest BCUT2D eigenvalue weighted by Gasteiger charge is -2.18. The number of unbranched alkanes of at least 4 members (excludes halogenated alkanes) is 1. The summed E-state index contributed by atoms with van der Waals surface area (Å²) in [6.45, 7) is 3.09. The van der Waals surface area contributed by atoms with Crippen LogP contribution in [0.15, 0.2) is 89.8 Å². The quantitative estimate of drug-likeness (QED) is 0.422. The molecule has 0 spiro atoms. The van der Waals surface area contributed by atoms with Crippen LogP contribution in [0.4, 0.5) is 0 Å². The molecule has 4 nitrogen and oxygen atoms in total. The van der Waals surface area contributed by atoms with Crippen molar-refractivity contribution >= 4 is 10.0 Å². The lowest BCUT2D eigenvalue weighted by atomic mass is 9.89. The summed E-state index contributed by atoms with van der Waals surface area (Å²) in [6, 6.07) is 27.0. The molecule has 30 heavy (non-hydrogen) atoms.